The van der Waals surface area contributed by atoms with E-state index in [-0.39, 0.29) is 11.5 Å². The number of amides is 1. The van der Waals surface area contributed by atoms with Crippen LogP contribution in [0.4, 0.5) is 0 Å². The Bertz CT molecular complexity index is 1930. The molecule has 1 amide bonds. The molecule has 1 aliphatic heterocycles. The van der Waals surface area contributed by atoms with Crippen LogP contribution < -0.4 is 19.6 Å². The Balaban J connectivity index is 1.62. The molecule has 0 fully saturated rings. The summed E-state index contributed by atoms with van der Waals surface area (Å²) in [4.78, 5) is 46.7. The molecule has 222 valence electrons. The van der Waals surface area contributed by atoms with Crippen LogP contribution in [0.15, 0.2) is 80.1 Å². The van der Waals surface area contributed by atoms with Crippen molar-refractivity contribution in [3.05, 3.63) is 108 Å². The van der Waals surface area contributed by atoms with Crippen molar-refractivity contribution in [2.45, 2.75) is 33.7 Å². The van der Waals surface area contributed by atoms with Crippen LogP contribution in [0.1, 0.15) is 54.1 Å². The predicted molar refractivity (Wildman–Crippen MR) is 165 cm³/mol. The molecule has 9 nitrogen and oxygen atoms in total. The number of carbonyl (C=O) groups is 2. The standard InChI is InChI=1S/C33H33N3O6S/c1-7-35(8-2)31(38)28-20(4)34-33-36(29(28)24-11-9-10-12-25(24)40-5)30(37)27(43-33)18-22-14-16-26(42-22)23-15-13-21(17-19(23)3)32(39)41-6/h9-18,29H,7-8H2,1-6H3/b27-18-/t29-/m1/s1. The largest absolute Gasteiger partial charge is 0.496 e. The van der Waals surface area contributed by atoms with Crippen molar-refractivity contribution >= 4 is 29.3 Å². The summed E-state index contributed by atoms with van der Waals surface area (Å²) in [6.07, 6.45) is 1.69. The molecule has 0 saturated heterocycles. The Labute approximate surface area is 253 Å². The summed E-state index contributed by atoms with van der Waals surface area (Å²) in [5.41, 5.74) is 3.55. The lowest BCUT2D eigenvalue weighted by Gasteiger charge is -2.29. The highest BCUT2D eigenvalue weighted by Crippen LogP contribution is 2.36. The molecule has 0 bridgehead atoms. The van der Waals surface area contributed by atoms with Crippen molar-refractivity contribution in [3.8, 4) is 17.1 Å². The van der Waals surface area contributed by atoms with Gasteiger partial charge in [0, 0.05) is 30.3 Å². The highest BCUT2D eigenvalue weighted by molar-refractivity contribution is 7.07. The van der Waals surface area contributed by atoms with Crippen molar-refractivity contribution < 1.29 is 23.5 Å². The van der Waals surface area contributed by atoms with Gasteiger partial charge < -0.3 is 18.8 Å². The number of hydrogen-bond donors (Lipinski definition) is 0. The van der Waals surface area contributed by atoms with Crippen LogP contribution in [0.25, 0.3) is 17.4 Å². The number of hydrogen-bond acceptors (Lipinski definition) is 8. The molecule has 0 spiro atoms. The minimum atomic E-state index is -0.717. The fourth-order valence-corrected chi connectivity index (χ4v) is 6.38. The Morgan fingerprint density at radius 2 is 1.81 bits per heavy atom. The lowest BCUT2D eigenvalue weighted by atomic mass is 9.94. The van der Waals surface area contributed by atoms with Crippen LogP contribution in [0.2, 0.25) is 0 Å². The van der Waals surface area contributed by atoms with Gasteiger partial charge >= 0.3 is 5.97 Å². The van der Waals surface area contributed by atoms with Gasteiger partial charge in [-0.05, 0) is 63.6 Å². The van der Waals surface area contributed by atoms with Gasteiger partial charge in [0.2, 0.25) is 0 Å². The van der Waals surface area contributed by atoms with E-state index in [1.807, 2.05) is 64.1 Å². The van der Waals surface area contributed by atoms with Gasteiger partial charge in [0.05, 0.1) is 35.6 Å². The zero-order chi connectivity index (χ0) is 30.8. The van der Waals surface area contributed by atoms with Crippen LogP contribution in [0.5, 0.6) is 5.75 Å². The van der Waals surface area contributed by atoms with E-state index in [4.69, 9.17) is 18.9 Å². The third-order valence-electron chi connectivity index (χ3n) is 7.55. The molecule has 0 unspecified atom stereocenters. The Hall–Kier alpha value is -4.70. The number of para-hydroxylation sites is 1. The number of allylic oxidation sites excluding steroid dienone is 1. The lowest BCUT2D eigenvalue weighted by molar-refractivity contribution is -0.127. The van der Waals surface area contributed by atoms with Crippen molar-refractivity contribution in [2.24, 2.45) is 4.99 Å². The third-order valence-corrected chi connectivity index (χ3v) is 8.53. The van der Waals surface area contributed by atoms with Gasteiger partial charge in [-0.1, -0.05) is 35.6 Å². The molecule has 4 aromatic rings. The van der Waals surface area contributed by atoms with E-state index in [9.17, 15) is 14.4 Å². The monoisotopic (exact) mass is 599 g/mol. The summed E-state index contributed by atoms with van der Waals surface area (Å²) >= 11 is 1.24. The fraction of sp³-hybridized carbons (Fsp3) is 0.273. The van der Waals surface area contributed by atoms with Crippen molar-refractivity contribution in [1.82, 2.24) is 9.47 Å². The number of esters is 1. The van der Waals surface area contributed by atoms with Crippen molar-refractivity contribution in [1.29, 1.82) is 0 Å². The fourth-order valence-electron chi connectivity index (χ4n) is 5.35. The number of furan rings is 1. The number of carbonyl (C=O) groups excluding carboxylic acids is 2. The van der Waals surface area contributed by atoms with Crippen LogP contribution in [0, 0.1) is 6.92 Å². The molecule has 5 rings (SSSR count). The molecule has 0 radical (unpaired) electrons. The smallest absolute Gasteiger partial charge is 0.337 e. The molecule has 1 aliphatic rings. The van der Waals surface area contributed by atoms with Gasteiger partial charge in [0.15, 0.2) is 4.80 Å². The molecule has 3 heterocycles. The van der Waals surface area contributed by atoms with Crippen LogP contribution >= 0.6 is 11.3 Å². The second-order valence-electron chi connectivity index (χ2n) is 10.0. The number of rotatable bonds is 8. The number of aryl methyl sites for hydroxylation is 1. The Morgan fingerprint density at radius 1 is 1.07 bits per heavy atom. The van der Waals surface area contributed by atoms with Gasteiger partial charge in [0.1, 0.15) is 23.3 Å². The van der Waals surface area contributed by atoms with Gasteiger partial charge in [0.25, 0.3) is 11.5 Å². The summed E-state index contributed by atoms with van der Waals surface area (Å²) < 4.78 is 18.6. The third kappa shape index (κ3) is 5.46. The predicted octanol–water partition coefficient (Wildman–Crippen LogP) is 4.47. The first-order valence-corrected chi connectivity index (χ1v) is 14.8. The molecule has 10 heteroatoms. The molecule has 0 saturated carbocycles. The van der Waals surface area contributed by atoms with Gasteiger partial charge in [-0.15, -0.1) is 0 Å². The van der Waals surface area contributed by atoms with Gasteiger partial charge in [-0.25, -0.2) is 9.79 Å². The minimum Gasteiger partial charge on any atom is -0.496 e. The summed E-state index contributed by atoms with van der Waals surface area (Å²) in [6.45, 7) is 8.61. The summed E-state index contributed by atoms with van der Waals surface area (Å²) in [6, 6.07) is 15.6. The Kier molecular flexibility index (Phi) is 8.50. The second kappa shape index (κ2) is 12.3. The topological polar surface area (TPSA) is 103 Å². The maximum atomic E-state index is 14.1. The highest BCUT2D eigenvalue weighted by atomic mass is 32.1. The van der Waals surface area contributed by atoms with E-state index in [0.717, 1.165) is 11.1 Å². The maximum Gasteiger partial charge on any atom is 0.337 e. The van der Waals surface area contributed by atoms with Crippen LogP contribution in [-0.4, -0.2) is 48.7 Å². The molecule has 43 heavy (non-hydrogen) atoms. The van der Waals surface area contributed by atoms with E-state index in [0.29, 0.717) is 62.1 Å². The molecular weight excluding hydrogens is 566 g/mol. The summed E-state index contributed by atoms with van der Waals surface area (Å²) in [5.74, 6) is 1.09. The minimum absolute atomic E-state index is 0.166. The average molecular weight is 600 g/mol. The first-order chi connectivity index (χ1) is 20.7. The summed E-state index contributed by atoms with van der Waals surface area (Å²) in [5, 5.41) is 0. The molecule has 0 aliphatic carbocycles. The maximum absolute atomic E-state index is 14.1. The second-order valence-corrected chi connectivity index (χ2v) is 11.0. The average Bonchev–Trinajstić information content (AvgIpc) is 3.60. The zero-order valence-corrected chi connectivity index (χ0v) is 25.8. The van der Waals surface area contributed by atoms with E-state index in [2.05, 4.69) is 0 Å². The number of nitrogens with zero attached hydrogens (tertiary/aromatic N) is 3. The number of fused-ring (bicyclic) bond motifs is 1. The summed E-state index contributed by atoms with van der Waals surface area (Å²) in [7, 11) is 2.92. The van der Waals surface area contributed by atoms with Crippen LogP contribution in [-0.2, 0) is 9.53 Å². The van der Waals surface area contributed by atoms with Gasteiger partial charge in [-0.3, -0.25) is 14.2 Å². The van der Waals surface area contributed by atoms with E-state index >= 15 is 0 Å². The zero-order valence-electron chi connectivity index (χ0n) is 25.0. The first-order valence-electron chi connectivity index (χ1n) is 14.0. The SMILES string of the molecule is CCN(CC)C(=O)C1=C(C)N=c2s/c(=C\c3ccc(-c4ccc(C(=O)OC)cc4C)o3)c(=O)n2[C@@H]1c1ccccc1OC. The molecule has 2 aromatic carbocycles. The van der Waals surface area contributed by atoms with Crippen molar-refractivity contribution in [2.75, 3.05) is 27.3 Å². The molecule has 0 N–H and O–H groups in total. The van der Waals surface area contributed by atoms with E-state index in [1.54, 1.807) is 40.9 Å². The number of ether oxygens (including phenoxy) is 2. The number of methoxy groups -OCH3 is 2. The molecular formula is C33H33N3O6S. The number of likely N-dealkylation sites (N-methyl/N-ethyl adjacent to an activating group) is 1. The number of benzene rings is 2. The molecule has 1 atom stereocenters. The number of thiazole rings is 1. The highest BCUT2D eigenvalue weighted by Gasteiger charge is 2.35. The lowest BCUT2D eigenvalue weighted by Crippen LogP contribution is -2.43. The quantitative estimate of drug-likeness (QED) is 0.277. The Morgan fingerprint density at radius 3 is 2.49 bits per heavy atom. The molecule has 2 aromatic heterocycles. The van der Waals surface area contributed by atoms with E-state index < -0.39 is 12.0 Å². The number of aromatic nitrogens is 1. The van der Waals surface area contributed by atoms with Gasteiger partial charge in [-0.2, -0.15) is 0 Å². The first kappa shape index (κ1) is 29.8. The van der Waals surface area contributed by atoms with Crippen molar-refractivity contribution in [3.63, 3.8) is 0 Å². The van der Waals surface area contributed by atoms with Crippen LogP contribution in [0.3, 0.4) is 0 Å². The normalized spacial score (nSPS) is 14.7. The van der Waals surface area contributed by atoms with E-state index in [1.165, 1.54) is 18.4 Å².